The van der Waals surface area contributed by atoms with Crippen LogP contribution in [0.2, 0.25) is 5.02 Å². The van der Waals surface area contributed by atoms with Crippen LogP contribution < -0.4 is 10.2 Å². The van der Waals surface area contributed by atoms with Crippen molar-refractivity contribution in [1.82, 2.24) is 5.32 Å². The van der Waals surface area contributed by atoms with Gasteiger partial charge in [0.1, 0.15) is 6.07 Å². The van der Waals surface area contributed by atoms with Gasteiger partial charge in [-0.3, -0.25) is 4.79 Å². The molecule has 0 bridgehead atoms. The molecule has 4 nitrogen and oxygen atoms in total. The molecule has 0 aromatic heterocycles. The van der Waals surface area contributed by atoms with Crippen LogP contribution in [0.15, 0.2) is 42.5 Å². The highest BCUT2D eigenvalue weighted by molar-refractivity contribution is 6.32. The van der Waals surface area contributed by atoms with E-state index in [1.807, 2.05) is 36.4 Å². The Morgan fingerprint density at radius 1 is 1.06 bits per heavy atom. The molecule has 3 rings (SSSR count). The zero-order valence-electron chi connectivity index (χ0n) is 18.9. The summed E-state index contributed by atoms with van der Waals surface area (Å²) in [6.07, 6.45) is 3.92. The highest BCUT2D eigenvalue weighted by Gasteiger charge is 2.29. The number of nitrogens with zero attached hydrogens (tertiary/aromatic N) is 2. The minimum atomic E-state index is 0.0124. The van der Waals surface area contributed by atoms with Gasteiger partial charge in [0.15, 0.2) is 0 Å². The quantitative estimate of drug-likeness (QED) is 0.577. The van der Waals surface area contributed by atoms with Crippen molar-refractivity contribution in [2.24, 2.45) is 0 Å². The van der Waals surface area contributed by atoms with Gasteiger partial charge in [0, 0.05) is 29.4 Å². The van der Waals surface area contributed by atoms with Gasteiger partial charge in [-0.1, -0.05) is 37.6 Å². The van der Waals surface area contributed by atoms with Gasteiger partial charge in [0.25, 0.3) is 5.91 Å². The standard InChI is InChI=1S/C26H32ClN3O/c1-17(2)19-5-7-20(8-6-19)26(31)29-22-10-13-23(14-11-22)30(18(3)4)24-12-9-21(16-28)25(27)15-24/h5-9,12,15,17-18,22-23H,10-11,13-14H2,1-4H3,(H,29,31). The number of carbonyl (C=O) groups excluding carboxylic acids is 1. The number of anilines is 1. The second-order valence-corrected chi connectivity index (χ2v) is 9.44. The third kappa shape index (κ3) is 5.60. The fourth-order valence-corrected chi connectivity index (χ4v) is 4.69. The van der Waals surface area contributed by atoms with E-state index >= 15 is 0 Å². The number of rotatable bonds is 6. The van der Waals surface area contributed by atoms with Crippen LogP contribution in [0.25, 0.3) is 0 Å². The van der Waals surface area contributed by atoms with Crippen LogP contribution >= 0.6 is 11.6 Å². The largest absolute Gasteiger partial charge is 0.366 e. The molecule has 0 heterocycles. The summed E-state index contributed by atoms with van der Waals surface area (Å²) < 4.78 is 0. The molecular weight excluding hydrogens is 406 g/mol. The zero-order valence-corrected chi connectivity index (χ0v) is 19.6. The number of nitriles is 1. The lowest BCUT2D eigenvalue weighted by molar-refractivity contribution is 0.0925. The van der Waals surface area contributed by atoms with E-state index in [9.17, 15) is 4.79 Å². The molecule has 1 aliphatic rings. The third-order valence-corrected chi connectivity index (χ3v) is 6.51. The molecule has 1 fully saturated rings. The normalized spacial score (nSPS) is 18.6. The van der Waals surface area contributed by atoms with Crippen molar-refractivity contribution in [3.05, 3.63) is 64.2 Å². The van der Waals surface area contributed by atoms with E-state index in [2.05, 4.69) is 44.0 Å². The lowest BCUT2D eigenvalue weighted by atomic mass is 9.89. The van der Waals surface area contributed by atoms with Gasteiger partial charge in [-0.05, 0) is 81.3 Å². The highest BCUT2D eigenvalue weighted by atomic mass is 35.5. The fraction of sp³-hybridized carbons (Fsp3) is 0.462. The molecule has 0 saturated heterocycles. The predicted molar refractivity (Wildman–Crippen MR) is 128 cm³/mol. The number of benzene rings is 2. The average molecular weight is 438 g/mol. The van der Waals surface area contributed by atoms with Crippen molar-refractivity contribution in [3.63, 3.8) is 0 Å². The van der Waals surface area contributed by atoms with Gasteiger partial charge in [0.2, 0.25) is 0 Å². The van der Waals surface area contributed by atoms with Crippen LogP contribution in [0.5, 0.6) is 0 Å². The van der Waals surface area contributed by atoms with Gasteiger partial charge in [0.05, 0.1) is 10.6 Å². The van der Waals surface area contributed by atoms with E-state index in [1.165, 1.54) is 5.56 Å². The maximum atomic E-state index is 12.7. The summed E-state index contributed by atoms with van der Waals surface area (Å²) in [5.41, 5.74) is 3.52. The molecule has 0 unspecified atom stereocenters. The van der Waals surface area contributed by atoms with Gasteiger partial charge in [-0.2, -0.15) is 5.26 Å². The Kier molecular flexibility index (Phi) is 7.62. The molecule has 2 aromatic carbocycles. The second kappa shape index (κ2) is 10.2. The van der Waals surface area contributed by atoms with Gasteiger partial charge >= 0.3 is 0 Å². The van der Waals surface area contributed by atoms with E-state index in [0.29, 0.717) is 28.6 Å². The minimum Gasteiger partial charge on any atom is -0.366 e. The highest BCUT2D eigenvalue weighted by Crippen LogP contribution is 2.32. The Bertz CT molecular complexity index is 938. The monoisotopic (exact) mass is 437 g/mol. The number of nitrogens with one attached hydrogen (secondary N) is 1. The summed E-state index contributed by atoms with van der Waals surface area (Å²) in [5, 5.41) is 12.9. The van der Waals surface area contributed by atoms with E-state index in [4.69, 9.17) is 16.9 Å². The Morgan fingerprint density at radius 2 is 1.71 bits per heavy atom. The molecular formula is C26H32ClN3O. The van der Waals surface area contributed by atoms with Crippen LogP contribution in [0.3, 0.4) is 0 Å². The van der Waals surface area contributed by atoms with Crippen LogP contribution in [-0.4, -0.2) is 24.0 Å². The molecule has 0 radical (unpaired) electrons. The smallest absolute Gasteiger partial charge is 0.251 e. The maximum Gasteiger partial charge on any atom is 0.251 e. The SMILES string of the molecule is CC(C)c1ccc(C(=O)NC2CCC(N(c3ccc(C#N)c(Cl)c3)C(C)C)CC2)cc1. The van der Waals surface area contributed by atoms with E-state index in [0.717, 1.165) is 36.9 Å². The average Bonchev–Trinajstić information content (AvgIpc) is 2.75. The summed E-state index contributed by atoms with van der Waals surface area (Å²) >= 11 is 6.29. The van der Waals surface area contributed by atoms with Crippen molar-refractivity contribution in [3.8, 4) is 6.07 Å². The third-order valence-electron chi connectivity index (χ3n) is 6.19. The van der Waals surface area contributed by atoms with Crippen molar-refractivity contribution < 1.29 is 4.79 Å². The van der Waals surface area contributed by atoms with Gasteiger partial charge in [-0.15, -0.1) is 0 Å². The zero-order chi connectivity index (χ0) is 22.5. The number of amides is 1. The molecule has 164 valence electrons. The predicted octanol–water partition coefficient (Wildman–Crippen LogP) is 6.29. The molecule has 1 saturated carbocycles. The first-order valence-electron chi connectivity index (χ1n) is 11.2. The number of hydrogen-bond donors (Lipinski definition) is 1. The molecule has 1 aliphatic carbocycles. The Hall–Kier alpha value is -2.51. The Balaban J connectivity index is 1.61. The Labute approximate surface area is 191 Å². The molecule has 0 spiro atoms. The molecule has 0 atom stereocenters. The molecule has 31 heavy (non-hydrogen) atoms. The topological polar surface area (TPSA) is 56.1 Å². The van der Waals surface area contributed by atoms with Crippen molar-refractivity contribution in [2.75, 3.05) is 4.90 Å². The summed E-state index contributed by atoms with van der Waals surface area (Å²) in [4.78, 5) is 15.1. The first-order valence-corrected chi connectivity index (χ1v) is 11.6. The van der Waals surface area contributed by atoms with Crippen LogP contribution in [0.4, 0.5) is 5.69 Å². The number of hydrogen-bond acceptors (Lipinski definition) is 3. The molecule has 1 N–H and O–H groups in total. The van der Waals surface area contributed by atoms with Gasteiger partial charge in [-0.25, -0.2) is 0 Å². The van der Waals surface area contributed by atoms with E-state index in [-0.39, 0.29) is 11.9 Å². The summed E-state index contributed by atoms with van der Waals surface area (Å²) in [7, 11) is 0. The molecule has 5 heteroatoms. The first-order chi connectivity index (χ1) is 14.8. The van der Waals surface area contributed by atoms with Crippen LogP contribution in [0, 0.1) is 11.3 Å². The van der Waals surface area contributed by atoms with Crippen LogP contribution in [0.1, 0.15) is 80.8 Å². The van der Waals surface area contributed by atoms with E-state index in [1.54, 1.807) is 6.07 Å². The van der Waals surface area contributed by atoms with Crippen molar-refractivity contribution in [2.45, 2.75) is 77.4 Å². The van der Waals surface area contributed by atoms with E-state index < -0.39 is 0 Å². The summed E-state index contributed by atoms with van der Waals surface area (Å²) in [6, 6.07) is 16.6. The maximum absolute atomic E-state index is 12.7. The van der Waals surface area contributed by atoms with Crippen LogP contribution in [-0.2, 0) is 0 Å². The Morgan fingerprint density at radius 3 is 2.23 bits per heavy atom. The molecule has 2 aromatic rings. The summed E-state index contributed by atoms with van der Waals surface area (Å²) in [6.45, 7) is 8.67. The lowest BCUT2D eigenvalue weighted by Crippen LogP contribution is -2.46. The number of carbonyl (C=O) groups is 1. The van der Waals surface area contributed by atoms with Crippen molar-refractivity contribution in [1.29, 1.82) is 5.26 Å². The minimum absolute atomic E-state index is 0.0124. The molecule has 1 amide bonds. The first kappa shape index (κ1) is 23.2. The van der Waals surface area contributed by atoms with Crippen molar-refractivity contribution >= 4 is 23.2 Å². The van der Waals surface area contributed by atoms with Gasteiger partial charge < -0.3 is 10.2 Å². The second-order valence-electron chi connectivity index (χ2n) is 9.03. The lowest BCUT2D eigenvalue weighted by Gasteiger charge is -2.41. The fourth-order valence-electron chi connectivity index (χ4n) is 4.47. The molecule has 0 aliphatic heterocycles. The number of halogens is 1. The summed E-state index contributed by atoms with van der Waals surface area (Å²) in [5.74, 6) is 0.473.